The van der Waals surface area contributed by atoms with Gasteiger partial charge in [-0.25, -0.2) is 5.43 Å². The highest BCUT2D eigenvalue weighted by molar-refractivity contribution is 6.02. The number of hydrogen-bond donors (Lipinski definition) is 1. The van der Waals surface area contributed by atoms with Gasteiger partial charge in [-0.15, -0.1) is 0 Å². The molecule has 3 heteroatoms. The summed E-state index contributed by atoms with van der Waals surface area (Å²) in [5.74, 6) is -0.160. The molecule has 1 N–H and O–H groups in total. The van der Waals surface area contributed by atoms with E-state index >= 15 is 0 Å². The smallest absolute Gasteiger partial charge is 0.267 e. The molecule has 1 amide bonds. The van der Waals surface area contributed by atoms with Crippen LogP contribution in [0.2, 0.25) is 0 Å². The lowest BCUT2D eigenvalue weighted by atomic mass is 10.0. The van der Waals surface area contributed by atoms with Crippen LogP contribution in [0.5, 0.6) is 0 Å². The minimum Gasteiger partial charge on any atom is -0.267 e. The number of unbranched alkanes of at least 4 members (excludes halogenated alkanes) is 2. The molecule has 120 valence electrons. The molecule has 0 heterocycles. The van der Waals surface area contributed by atoms with Gasteiger partial charge in [0.2, 0.25) is 0 Å². The maximum Gasteiger partial charge on any atom is 0.271 e. The van der Waals surface area contributed by atoms with Crippen molar-refractivity contribution < 1.29 is 4.79 Å². The van der Waals surface area contributed by atoms with Crippen molar-refractivity contribution in [3.05, 3.63) is 71.3 Å². The van der Waals surface area contributed by atoms with Gasteiger partial charge in [-0.05, 0) is 37.0 Å². The van der Waals surface area contributed by atoms with Crippen LogP contribution in [0.1, 0.15) is 54.1 Å². The monoisotopic (exact) mass is 308 g/mol. The van der Waals surface area contributed by atoms with Crippen LogP contribution in [0, 0.1) is 6.92 Å². The summed E-state index contributed by atoms with van der Waals surface area (Å²) in [4.78, 5) is 12.3. The zero-order valence-corrected chi connectivity index (χ0v) is 13.9. The Morgan fingerprint density at radius 3 is 2.39 bits per heavy atom. The van der Waals surface area contributed by atoms with Gasteiger partial charge >= 0.3 is 0 Å². The first-order chi connectivity index (χ1) is 11.2. The Balaban J connectivity index is 2.13. The predicted octanol–water partition coefficient (Wildman–Crippen LogP) is 4.71. The molecule has 0 radical (unpaired) electrons. The standard InChI is InChI=1S/C20H24N2O/c1-3-4-6-15-19(17-12-7-5-8-13-17)21-22-20(23)18-14-10-9-11-16(18)2/h5,7-14H,3-4,6,15H2,1-2H3,(H,22,23)/b21-19-. The molecule has 0 fully saturated rings. The third-order valence-corrected chi connectivity index (χ3v) is 3.81. The fourth-order valence-corrected chi connectivity index (χ4v) is 2.44. The summed E-state index contributed by atoms with van der Waals surface area (Å²) >= 11 is 0. The molecule has 0 bridgehead atoms. The molecule has 2 aromatic carbocycles. The van der Waals surface area contributed by atoms with Crippen LogP contribution in [0.3, 0.4) is 0 Å². The molecule has 0 spiro atoms. The number of carbonyl (C=O) groups is 1. The number of carbonyl (C=O) groups excluding carboxylic acids is 1. The predicted molar refractivity (Wildman–Crippen MR) is 95.8 cm³/mol. The van der Waals surface area contributed by atoms with Crippen molar-refractivity contribution in [1.82, 2.24) is 5.43 Å². The molecular formula is C20H24N2O. The van der Waals surface area contributed by atoms with E-state index in [1.807, 2.05) is 61.5 Å². The molecule has 0 saturated carbocycles. The molecule has 23 heavy (non-hydrogen) atoms. The highest BCUT2D eigenvalue weighted by Crippen LogP contribution is 2.10. The lowest BCUT2D eigenvalue weighted by Gasteiger charge is -2.08. The highest BCUT2D eigenvalue weighted by Gasteiger charge is 2.09. The first-order valence-corrected chi connectivity index (χ1v) is 8.20. The lowest BCUT2D eigenvalue weighted by molar-refractivity contribution is 0.0954. The number of rotatable bonds is 7. The summed E-state index contributed by atoms with van der Waals surface area (Å²) in [6.07, 6.45) is 4.27. The molecule has 0 aromatic heterocycles. The van der Waals surface area contributed by atoms with Gasteiger partial charge in [0.15, 0.2) is 0 Å². The Morgan fingerprint density at radius 2 is 1.70 bits per heavy atom. The second-order valence-corrected chi connectivity index (χ2v) is 5.64. The van der Waals surface area contributed by atoms with Crippen LogP contribution in [0.4, 0.5) is 0 Å². The number of hydrogen-bond acceptors (Lipinski definition) is 2. The second-order valence-electron chi connectivity index (χ2n) is 5.64. The van der Waals surface area contributed by atoms with E-state index in [2.05, 4.69) is 17.5 Å². The molecule has 3 nitrogen and oxygen atoms in total. The summed E-state index contributed by atoms with van der Waals surface area (Å²) in [5, 5.41) is 4.40. The largest absolute Gasteiger partial charge is 0.271 e. The third-order valence-electron chi connectivity index (χ3n) is 3.81. The summed E-state index contributed by atoms with van der Waals surface area (Å²) in [7, 11) is 0. The Bertz CT molecular complexity index is 662. The molecule has 0 aliphatic carbocycles. The first-order valence-electron chi connectivity index (χ1n) is 8.20. The average Bonchev–Trinajstić information content (AvgIpc) is 2.59. The van der Waals surface area contributed by atoms with E-state index in [9.17, 15) is 4.79 Å². The molecule has 2 aromatic rings. The van der Waals surface area contributed by atoms with Crippen molar-refractivity contribution in [3.8, 4) is 0 Å². The van der Waals surface area contributed by atoms with Gasteiger partial charge in [0.1, 0.15) is 0 Å². The highest BCUT2D eigenvalue weighted by atomic mass is 16.2. The van der Waals surface area contributed by atoms with Gasteiger partial charge in [0.25, 0.3) is 5.91 Å². The van der Waals surface area contributed by atoms with Gasteiger partial charge < -0.3 is 0 Å². The summed E-state index contributed by atoms with van der Waals surface area (Å²) < 4.78 is 0. The fraction of sp³-hybridized carbons (Fsp3) is 0.300. The maximum atomic E-state index is 12.3. The van der Waals surface area contributed by atoms with Crippen LogP contribution >= 0.6 is 0 Å². The van der Waals surface area contributed by atoms with Gasteiger partial charge in [-0.1, -0.05) is 68.3 Å². The summed E-state index contributed by atoms with van der Waals surface area (Å²) in [6.45, 7) is 4.11. The normalized spacial score (nSPS) is 11.3. The third kappa shape index (κ3) is 5.06. The van der Waals surface area contributed by atoms with Crippen LogP contribution in [0.15, 0.2) is 59.7 Å². The number of hydrazone groups is 1. The number of benzene rings is 2. The van der Waals surface area contributed by atoms with Crippen molar-refractivity contribution >= 4 is 11.6 Å². The van der Waals surface area contributed by atoms with E-state index in [-0.39, 0.29) is 5.91 Å². The Hall–Kier alpha value is -2.42. The minimum atomic E-state index is -0.160. The summed E-state index contributed by atoms with van der Waals surface area (Å²) in [6, 6.07) is 17.6. The fourth-order valence-electron chi connectivity index (χ4n) is 2.44. The quantitative estimate of drug-likeness (QED) is 0.449. The van der Waals surface area contributed by atoms with Gasteiger partial charge in [0, 0.05) is 5.56 Å². The van der Waals surface area contributed by atoms with E-state index < -0.39 is 0 Å². The molecule has 0 aliphatic heterocycles. The van der Waals surface area contributed by atoms with Crippen LogP contribution in [0.25, 0.3) is 0 Å². The van der Waals surface area contributed by atoms with E-state index in [0.717, 1.165) is 42.5 Å². The van der Waals surface area contributed by atoms with E-state index in [4.69, 9.17) is 0 Å². The van der Waals surface area contributed by atoms with Crippen LogP contribution < -0.4 is 5.43 Å². The SMILES string of the molecule is CCCCC/C(=N/NC(=O)c1ccccc1C)c1ccccc1. The maximum absolute atomic E-state index is 12.3. The molecule has 0 saturated heterocycles. The van der Waals surface area contributed by atoms with Crippen molar-refractivity contribution in [2.24, 2.45) is 5.10 Å². The van der Waals surface area contributed by atoms with Crippen molar-refractivity contribution in [3.63, 3.8) is 0 Å². The minimum absolute atomic E-state index is 0.160. The van der Waals surface area contributed by atoms with Crippen LogP contribution in [-0.2, 0) is 0 Å². The van der Waals surface area contributed by atoms with E-state index in [0.29, 0.717) is 5.56 Å². The van der Waals surface area contributed by atoms with E-state index in [1.54, 1.807) is 0 Å². The molecule has 0 unspecified atom stereocenters. The van der Waals surface area contributed by atoms with Gasteiger partial charge in [0.05, 0.1) is 5.71 Å². The zero-order valence-electron chi connectivity index (χ0n) is 13.9. The average molecular weight is 308 g/mol. The molecule has 0 aliphatic rings. The zero-order chi connectivity index (χ0) is 16.5. The van der Waals surface area contributed by atoms with E-state index in [1.165, 1.54) is 0 Å². The molecular weight excluding hydrogens is 284 g/mol. The molecule has 2 rings (SSSR count). The number of aryl methyl sites for hydroxylation is 1. The lowest BCUT2D eigenvalue weighted by Crippen LogP contribution is -2.21. The number of nitrogens with one attached hydrogen (secondary N) is 1. The van der Waals surface area contributed by atoms with Crippen LogP contribution in [-0.4, -0.2) is 11.6 Å². The molecule has 0 atom stereocenters. The van der Waals surface area contributed by atoms with Crippen molar-refractivity contribution in [2.75, 3.05) is 0 Å². The Morgan fingerprint density at radius 1 is 1.00 bits per heavy atom. The topological polar surface area (TPSA) is 41.5 Å². The van der Waals surface area contributed by atoms with Crippen molar-refractivity contribution in [1.29, 1.82) is 0 Å². The second kappa shape index (κ2) is 8.89. The van der Waals surface area contributed by atoms with Crippen molar-refractivity contribution in [2.45, 2.75) is 39.5 Å². The first kappa shape index (κ1) is 16.9. The number of amides is 1. The number of nitrogens with zero attached hydrogens (tertiary/aromatic N) is 1. The summed E-state index contributed by atoms with van der Waals surface area (Å²) in [5.41, 5.74) is 6.32. The van der Waals surface area contributed by atoms with Gasteiger partial charge in [-0.3, -0.25) is 4.79 Å². The Kier molecular flexibility index (Phi) is 6.55. The van der Waals surface area contributed by atoms with Gasteiger partial charge in [-0.2, -0.15) is 5.10 Å². The Labute approximate surface area is 138 Å².